The van der Waals surface area contributed by atoms with Gasteiger partial charge in [0.15, 0.2) is 0 Å². The lowest BCUT2D eigenvalue weighted by Crippen LogP contribution is -2.38. The second-order valence-electron chi connectivity index (χ2n) is 5.86. The summed E-state index contributed by atoms with van der Waals surface area (Å²) in [4.78, 5) is 14.5. The van der Waals surface area contributed by atoms with Crippen molar-refractivity contribution in [2.75, 3.05) is 38.5 Å². The van der Waals surface area contributed by atoms with Gasteiger partial charge in [-0.1, -0.05) is 0 Å². The van der Waals surface area contributed by atoms with Crippen LogP contribution in [0.5, 0.6) is 5.75 Å². The van der Waals surface area contributed by atoms with Gasteiger partial charge in [0.1, 0.15) is 5.75 Å². The third kappa shape index (κ3) is 4.27. The lowest BCUT2D eigenvalue weighted by atomic mass is 10.1. The van der Waals surface area contributed by atoms with E-state index in [4.69, 9.17) is 4.74 Å². The predicted octanol–water partition coefficient (Wildman–Crippen LogP) is 1.89. The van der Waals surface area contributed by atoms with E-state index >= 15 is 0 Å². The van der Waals surface area contributed by atoms with E-state index in [1.165, 1.54) is 4.31 Å². The van der Waals surface area contributed by atoms with E-state index in [2.05, 4.69) is 0 Å². The van der Waals surface area contributed by atoms with Gasteiger partial charge in [-0.3, -0.25) is 4.79 Å². The number of nitrogens with zero attached hydrogens (tertiary/aromatic N) is 2. The summed E-state index contributed by atoms with van der Waals surface area (Å²) in [6.45, 7) is 7.89. The lowest BCUT2D eigenvalue weighted by Gasteiger charge is -2.22. The first-order chi connectivity index (χ1) is 11.4. The molecule has 0 N–H and O–H groups in total. The molecule has 6 nitrogen and oxygen atoms in total. The van der Waals surface area contributed by atoms with E-state index in [0.717, 1.165) is 11.3 Å². The van der Waals surface area contributed by atoms with Crippen LogP contribution in [0.3, 0.4) is 0 Å². The number of hydrogen-bond donors (Lipinski definition) is 0. The molecule has 0 unspecified atom stereocenters. The number of amides is 1. The Balaban J connectivity index is 2.09. The molecule has 1 aromatic rings. The van der Waals surface area contributed by atoms with Crippen molar-refractivity contribution in [1.29, 1.82) is 0 Å². The maximum absolute atomic E-state index is 12.7. The molecule has 0 bridgehead atoms. The van der Waals surface area contributed by atoms with Crippen molar-refractivity contribution in [1.82, 2.24) is 9.21 Å². The second kappa shape index (κ2) is 7.98. The highest BCUT2D eigenvalue weighted by Crippen LogP contribution is 2.20. The Morgan fingerprint density at radius 2 is 1.92 bits per heavy atom. The van der Waals surface area contributed by atoms with Crippen LogP contribution in [-0.4, -0.2) is 62.1 Å². The summed E-state index contributed by atoms with van der Waals surface area (Å²) in [5, 5.41) is 0. The molecule has 1 aliphatic rings. The van der Waals surface area contributed by atoms with Crippen molar-refractivity contribution in [3.63, 3.8) is 0 Å². The molecule has 1 aliphatic heterocycles. The predicted molar refractivity (Wildman–Crippen MR) is 93.9 cm³/mol. The quantitative estimate of drug-likeness (QED) is 0.810. The van der Waals surface area contributed by atoms with E-state index in [9.17, 15) is 13.2 Å². The van der Waals surface area contributed by atoms with Crippen molar-refractivity contribution in [3.05, 3.63) is 29.3 Å². The highest BCUT2D eigenvalue weighted by Gasteiger charge is 2.26. The molecule has 1 saturated heterocycles. The molecule has 2 rings (SSSR count). The topological polar surface area (TPSA) is 66.9 Å². The van der Waals surface area contributed by atoms with Gasteiger partial charge in [0.25, 0.3) is 5.91 Å². The van der Waals surface area contributed by atoms with Crippen LogP contribution >= 0.6 is 0 Å². The summed E-state index contributed by atoms with van der Waals surface area (Å²) in [5.41, 5.74) is 1.54. The Kier molecular flexibility index (Phi) is 6.23. The Labute approximate surface area is 144 Å². The monoisotopic (exact) mass is 354 g/mol. The zero-order chi connectivity index (χ0) is 17.7. The summed E-state index contributed by atoms with van der Waals surface area (Å²) in [6.07, 6.45) is 0.654. The molecule has 1 amide bonds. The van der Waals surface area contributed by atoms with Gasteiger partial charge in [-0.2, -0.15) is 0 Å². The van der Waals surface area contributed by atoms with Gasteiger partial charge in [0.2, 0.25) is 10.0 Å². The van der Waals surface area contributed by atoms with Crippen LogP contribution in [0, 0.1) is 6.92 Å². The number of ether oxygens (including phenoxy) is 1. The smallest absolute Gasteiger partial charge is 0.253 e. The highest BCUT2D eigenvalue weighted by molar-refractivity contribution is 7.89. The van der Waals surface area contributed by atoms with Gasteiger partial charge in [0.05, 0.1) is 12.4 Å². The maximum Gasteiger partial charge on any atom is 0.253 e. The van der Waals surface area contributed by atoms with Crippen molar-refractivity contribution in [2.45, 2.75) is 27.2 Å². The Morgan fingerprint density at radius 3 is 2.54 bits per heavy atom. The normalized spacial score (nSPS) is 16.7. The molecule has 1 aromatic carbocycles. The van der Waals surface area contributed by atoms with Gasteiger partial charge in [-0.25, -0.2) is 12.7 Å². The van der Waals surface area contributed by atoms with E-state index < -0.39 is 10.0 Å². The van der Waals surface area contributed by atoms with Crippen LogP contribution in [0.2, 0.25) is 0 Å². The molecule has 0 aromatic heterocycles. The molecular weight excluding hydrogens is 328 g/mol. The average molecular weight is 354 g/mol. The highest BCUT2D eigenvalue weighted by atomic mass is 32.2. The van der Waals surface area contributed by atoms with Crippen LogP contribution in [0.4, 0.5) is 0 Å². The maximum atomic E-state index is 12.7. The van der Waals surface area contributed by atoms with Crippen molar-refractivity contribution >= 4 is 15.9 Å². The van der Waals surface area contributed by atoms with Crippen LogP contribution < -0.4 is 4.74 Å². The summed E-state index contributed by atoms with van der Waals surface area (Å²) in [7, 11) is -3.20. The fraction of sp³-hybridized carbons (Fsp3) is 0.588. The molecule has 134 valence electrons. The minimum absolute atomic E-state index is 0.0584. The van der Waals surface area contributed by atoms with Gasteiger partial charge in [0, 0.05) is 31.7 Å². The third-order valence-electron chi connectivity index (χ3n) is 4.22. The van der Waals surface area contributed by atoms with Gasteiger partial charge < -0.3 is 9.64 Å². The number of hydrogen-bond acceptors (Lipinski definition) is 4. The SMILES string of the molecule is CCOc1ccc(C(=O)N2CCCN(S(=O)(=O)CC)CC2)cc1C. The van der Waals surface area contributed by atoms with Crippen molar-refractivity contribution in [3.8, 4) is 5.75 Å². The van der Waals surface area contributed by atoms with Crippen LogP contribution in [0.25, 0.3) is 0 Å². The fourth-order valence-corrected chi connectivity index (χ4v) is 3.97. The summed E-state index contributed by atoms with van der Waals surface area (Å²) >= 11 is 0. The van der Waals surface area contributed by atoms with E-state index in [0.29, 0.717) is 44.8 Å². The number of benzene rings is 1. The first kappa shape index (κ1) is 18.7. The van der Waals surface area contributed by atoms with Gasteiger partial charge in [-0.05, 0) is 51.0 Å². The summed E-state index contributed by atoms with van der Waals surface area (Å²) in [6, 6.07) is 5.42. The number of carbonyl (C=O) groups excluding carboxylic acids is 1. The molecule has 1 fully saturated rings. The Hall–Kier alpha value is -1.60. The largest absolute Gasteiger partial charge is 0.494 e. The molecule has 0 atom stereocenters. The third-order valence-corrected chi connectivity index (χ3v) is 6.10. The standard InChI is InChI=1S/C17H26N2O4S/c1-4-23-16-8-7-15(13-14(16)3)17(20)18-9-6-10-19(12-11-18)24(21,22)5-2/h7-8,13H,4-6,9-12H2,1-3H3. The van der Waals surface area contributed by atoms with E-state index in [1.54, 1.807) is 17.9 Å². The number of rotatable bonds is 5. The molecule has 0 aliphatic carbocycles. The molecule has 0 spiro atoms. The Bertz CT molecular complexity index is 688. The zero-order valence-electron chi connectivity index (χ0n) is 14.6. The van der Waals surface area contributed by atoms with Crippen molar-refractivity contribution < 1.29 is 17.9 Å². The van der Waals surface area contributed by atoms with Crippen molar-refractivity contribution in [2.24, 2.45) is 0 Å². The van der Waals surface area contributed by atoms with E-state index in [1.807, 2.05) is 26.0 Å². The van der Waals surface area contributed by atoms with Gasteiger partial charge in [-0.15, -0.1) is 0 Å². The number of aryl methyl sites for hydroxylation is 1. The lowest BCUT2D eigenvalue weighted by molar-refractivity contribution is 0.0764. The molecule has 0 radical (unpaired) electrons. The Morgan fingerprint density at radius 1 is 1.17 bits per heavy atom. The van der Waals surface area contributed by atoms with Crippen LogP contribution in [0.1, 0.15) is 36.2 Å². The molecular formula is C17H26N2O4S. The summed E-state index contributed by atoms with van der Waals surface area (Å²) in [5.74, 6) is 0.820. The van der Waals surface area contributed by atoms with Gasteiger partial charge >= 0.3 is 0 Å². The minimum Gasteiger partial charge on any atom is -0.494 e. The zero-order valence-corrected chi connectivity index (χ0v) is 15.4. The summed E-state index contributed by atoms with van der Waals surface area (Å²) < 4.78 is 31.0. The first-order valence-corrected chi connectivity index (χ1v) is 10.0. The minimum atomic E-state index is -3.20. The second-order valence-corrected chi connectivity index (χ2v) is 8.12. The van der Waals surface area contributed by atoms with Crippen LogP contribution in [-0.2, 0) is 10.0 Å². The average Bonchev–Trinajstić information content (AvgIpc) is 2.83. The van der Waals surface area contributed by atoms with Crippen LogP contribution in [0.15, 0.2) is 18.2 Å². The molecule has 24 heavy (non-hydrogen) atoms. The fourth-order valence-electron chi connectivity index (χ4n) is 2.84. The number of sulfonamides is 1. The number of carbonyl (C=O) groups is 1. The first-order valence-electron chi connectivity index (χ1n) is 8.39. The molecule has 0 saturated carbocycles. The van der Waals surface area contributed by atoms with E-state index in [-0.39, 0.29) is 11.7 Å². The molecule has 7 heteroatoms. The molecule has 1 heterocycles.